The van der Waals surface area contributed by atoms with Crippen molar-refractivity contribution in [3.05, 3.63) is 182 Å². The van der Waals surface area contributed by atoms with Crippen LogP contribution in [0.25, 0.3) is 122 Å². The molecule has 0 spiro atoms. The molecule has 0 radical (unpaired) electrons. The lowest BCUT2D eigenvalue weighted by Gasteiger charge is -2.08. The lowest BCUT2D eigenvalue weighted by atomic mass is 9.98. The van der Waals surface area contributed by atoms with Gasteiger partial charge in [0.1, 0.15) is 33.4 Å². The summed E-state index contributed by atoms with van der Waals surface area (Å²) in [6, 6.07) is 63.7. The molecule has 0 aliphatic heterocycles. The summed E-state index contributed by atoms with van der Waals surface area (Å²) in [5.41, 5.74) is 15.6. The van der Waals surface area contributed by atoms with Crippen molar-refractivity contribution < 1.29 is 13.3 Å². The molecule has 0 amide bonds. The van der Waals surface area contributed by atoms with Gasteiger partial charge in [-0.3, -0.25) is 0 Å². The monoisotopic (exact) mass is 730 g/mol. The molecule has 5 aromatic heterocycles. The number of hydrogen-bond donors (Lipinski definition) is 0. The quantitative estimate of drug-likeness (QED) is 0.181. The molecule has 0 bridgehead atoms. The summed E-state index contributed by atoms with van der Waals surface area (Å²) in [5.74, 6) is 0. The fraction of sp³-hybridized carbons (Fsp3) is 0. The standard InChI is InChI=1S/C52H30N2O3/c1-3-15-31(16-4-1)53-43-29-9-7-19-39(43)51-45(53)41-27-13-25-37(49(41)56-51)35-23-11-21-33-34-22-12-24-36(48(34)55-47(33)35)38-26-14-28-42-46-52(57-50(38)42)40-20-8-10-30-44(40)54(46)32-17-5-2-6-18-32/h1-30H. The smallest absolute Gasteiger partial charge is 0.161 e. The van der Waals surface area contributed by atoms with Crippen LogP contribution in [-0.2, 0) is 0 Å². The van der Waals surface area contributed by atoms with Gasteiger partial charge in [-0.1, -0.05) is 121 Å². The summed E-state index contributed by atoms with van der Waals surface area (Å²) in [4.78, 5) is 0. The van der Waals surface area contributed by atoms with Crippen molar-refractivity contribution in [2.75, 3.05) is 0 Å². The molecule has 57 heavy (non-hydrogen) atoms. The Kier molecular flexibility index (Phi) is 6.10. The van der Waals surface area contributed by atoms with Gasteiger partial charge < -0.3 is 22.4 Å². The highest BCUT2D eigenvalue weighted by molar-refractivity contribution is 6.22. The number of furan rings is 3. The molecule has 0 fully saturated rings. The van der Waals surface area contributed by atoms with Gasteiger partial charge in [-0.05, 0) is 60.7 Å². The molecule has 13 aromatic rings. The van der Waals surface area contributed by atoms with E-state index in [9.17, 15) is 0 Å². The second-order valence-corrected chi connectivity index (χ2v) is 14.8. The third-order valence-electron chi connectivity index (χ3n) is 11.7. The van der Waals surface area contributed by atoms with E-state index >= 15 is 0 Å². The number of aromatic nitrogens is 2. The molecule has 0 atom stereocenters. The van der Waals surface area contributed by atoms with Gasteiger partial charge in [0, 0.05) is 65.9 Å². The Morgan fingerprint density at radius 3 is 0.982 bits per heavy atom. The first-order valence-corrected chi connectivity index (χ1v) is 19.3. The zero-order valence-corrected chi connectivity index (χ0v) is 30.4. The maximum Gasteiger partial charge on any atom is 0.161 e. The van der Waals surface area contributed by atoms with E-state index in [0.717, 1.165) is 122 Å². The first kappa shape index (κ1) is 30.6. The summed E-state index contributed by atoms with van der Waals surface area (Å²) in [7, 11) is 0. The van der Waals surface area contributed by atoms with E-state index in [2.05, 4.69) is 191 Å². The third kappa shape index (κ3) is 4.12. The highest BCUT2D eigenvalue weighted by atomic mass is 16.3. The Bertz CT molecular complexity index is 3500. The van der Waals surface area contributed by atoms with Crippen LogP contribution in [0, 0.1) is 0 Å². The van der Waals surface area contributed by atoms with E-state index in [1.165, 1.54) is 0 Å². The van der Waals surface area contributed by atoms with E-state index in [-0.39, 0.29) is 0 Å². The highest BCUT2D eigenvalue weighted by Crippen LogP contribution is 2.47. The van der Waals surface area contributed by atoms with Gasteiger partial charge >= 0.3 is 0 Å². The number of fused-ring (bicyclic) bond motifs is 13. The molecule has 0 saturated carbocycles. The molecular formula is C52H30N2O3. The number of hydrogen-bond acceptors (Lipinski definition) is 3. The van der Waals surface area contributed by atoms with Crippen molar-refractivity contribution in [1.82, 2.24) is 9.13 Å². The van der Waals surface area contributed by atoms with Crippen LogP contribution in [0.2, 0.25) is 0 Å². The predicted octanol–water partition coefficient (Wildman–Crippen LogP) is 14.6. The highest BCUT2D eigenvalue weighted by Gasteiger charge is 2.25. The Morgan fingerprint density at radius 2 is 0.561 bits per heavy atom. The van der Waals surface area contributed by atoms with Crippen molar-refractivity contribution in [1.29, 1.82) is 0 Å². The first-order chi connectivity index (χ1) is 28.3. The third-order valence-corrected chi connectivity index (χ3v) is 11.7. The van der Waals surface area contributed by atoms with Gasteiger partial charge in [-0.2, -0.15) is 0 Å². The zero-order valence-electron chi connectivity index (χ0n) is 30.4. The molecule has 0 saturated heterocycles. The molecule has 13 rings (SSSR count). The van der Waals surface area contributed by atoms with Gasteiger partial charge in [-0.15, -0.1) is 0 Å². The summed E-state index contributed by atoms with van der Waals surface area (Å²) in [6.07, 6.45) is 0. The van der Waals surface area contributed by atoms with Gasteiger partial charge in [0.05, 0.1) is 11.0 Å². The van der Waals surface area contributed by atoms with Crippen LogP contribution in [-0.4, -0.2) is 9.13 Å². The second-order valence-electron chi connectivity index (χ2n) is 14.8. The maximum absolute atomic E-state index is 7.07. The maximum atomic E-state index is 7.07. The summed E-state index contributed by atoms with van der Waals surface area (Å²) in [5, 5.41) is 6.38. The van der Waals surface area contributed by atoms with Crippen molar-refractivity contribution in [3.8, 4) is 33.6 Å². The Balaban J connectivity index is 1.05. The van der Waals surface area contributed by atoms with Crippen molar-refractivity contribution in [2.45, 2.75) is 0 Å². The van der Waals surface area contributed by atoms with Crippen LogP contribution < -0.4 is 0 Å². The number of nitrogens with zero attached hydrogens (tertiary/aromatic N) is 2. The van der Waals surface area contributed by atoms with Crippen LogP contribution in [0.15, 0.2) is 195 Å². The van der Waals surface area contributed by atoms with E-state index in [1.54, 1.807) is 0 Å². The Labute approximate surface area is 324 Å². The Hall–Kier alpha value is -7.76. The van der Waals surface area contributed by atoms with Crippen LogP contribution >= 0.6 is 0 Å². The minimum Gasteiger partial charge on any atom is -0.455 e. The van der Waals surface area contributed by atoms with Crippen LogP contribution in [0.5, 0.6) is 0 Å². The molecular weight excluding hydrogens is 701 g/mol. The number of para-hydroxylation sites is 8. The van der Waals surface area contributed by atoms with E-state index in [0.29, 0.717) is 0 Å². The van der Waals surface area contributed by atoms with Gasteiger partial charge in [0.15, 0.2) is 11.2 Å². The minimum absolute atomic E-state index is 0.822. The van der Waals surface area contributed by atoms with Crippen LogP contribution in [0.3, 0.4) is 0 Å². The largest absolute Gasteiger partial charge is 0.455 e. The van der Waals surface area contributed by atoms with Crippen LogP contribution in [0.1, 0.15) is 0 Å². The Morgan fingerprint density at radius 1 is 0.246 bits per heavy atom. The van der Waals surface area contributed by atoms with E-state index in [1.807, 2.05) is 0 Å². The first-order valence-electron chi connectivity index (χ1n) is 19.3. The normalized spacial score (nSPS) is 12.2. The topological polar surface area (TPSA) is 49.3 Å². The van der Waals surface area contributed by atoms with E-state index in [4.69, 9.17) is 13.3 Å². The van der Waals surface area contributed by atoms with Crippen molar-refractivity contribution >= 4 is 87.9 Å². The van der Waals surface area contributed by atoms with E-state index < -0.39 is 0 Å². The van der Waals surface area contributed by atoms with Gasteiger partial charge in [-0.25, -0.2) is 0 Å². The van der Waals surface area contributed by atoms with Crippen molar-refractivity contribution in [2.24, 2.45) is 0 Å². The zero-order chi connectivity index (χ0) is 37.2. The fourth-order valence-corrected chi connectivity index (χ4v) is 9.34. The average molecular weight is 731 g/mol. The summed E-state index contributed by atoms with van der Waals surface area (Å²) < 4.78 is 25.6. The molecule has 0 aliphatic rings. The molecule has 0 unspecified atom stereocenters. The number of benzene rings is 8. The lowest BCUT2D eigenvalue weighted by Crippen LogP contribution is -1.92. The SMILES string of the molecule is c1ccc(-n2c3ccccc3c3oc4c(-c5cccc6c5oc5c(-c7cccc8c7oc7c9ccccc9n(-c9ccccc9)c87)cccc56)cccc4c32)cc1. The molecule has 5 heteroatoms. The van der Waals surface area contributed by atoms with Crippen molar-refractivity contribution in [3.63, 3.8) is 0 Å². The second kappa shape index (κ2) is 11.4. The summed E-state index contributed by atoms with van der Waals surface area (Å²) in [6.45, 7) is 0. The predicted molar refractivity (Wildman–Crippen MR) is 233 cm³/mol. The molecule has 5 heterocycles. The molecule has 0 N–H and O–H groups in total. The van der Waals surface area contributed by atoms with Gasteiger partial charge in [0.2, 0.25) is 0 Å². The average Bonchev–Trinajstić information content (AvgIpc) is 4.08. The lowest BCUT2D eigenvalue weighted by molar-refractivity contribution is 0.665. The molecule has 8 aromatic carbocycles. The summed E-state index contributed by atoms with van der Waals surface area (Å²) >= 11 is 0. The molecule has 5 nitrogen and oxygen atoms in total. The fourth-order valence-electron chi connectivity index (χ4n) is 9.34. The van der Waals surface area contributed by atoms with Crippen LogP contribution in [0.4, 0.5) is 0 Å². The minimum atomic E-state index is 0.822. The molecule has 0 aliphatic carbocycles. The molecule has 266 valence electrons. The number of rotatable bonds is 4. The van der Waals surface area contributed by atoms with Gasteiger partial charge in [0.25, 0.3) is 0 Å².